The Hall–Kier alpha value is -3.55. The van der Waals surface area contributed by atoms with E-state index in [-0.39, 0.29) is 16.9 Å². The molecule has 0 aliphatic heterocycles. The molecule has 0 unspecified atom stereocenters. The molecule has 0 radical (unpaired) electrons. The maximum atomic E-state index is 13.8. The number of halogens is 2. The number of anilines is 2. The lowest BCUT2D eigenvalue weighted by atomic mass is 10.1. The van der Waals surface area contributed by atoms with Gasteiger partial charge in [-0.1, -0.05) is 0 Å². The first-order chi connectivity index (χ1) is 14.0. The summed E-state index contributed by atoms with van der Waals surface area (Å²) < 4.78 is 32.6. The normalized spacial score (nSPS) is 11.3. The van der Waals surface area contributed by atoms with Gasteiger partial charge in [0.15, 0.2) is 0 Å². The van der Waals surface area contributed by atoms with Crippen molar-refractivity contribution in [3.8, 4) is 0 Å². The van der Waals surface area contributed by atoms with E-state index in [1.165, 1.54) is 24.3 Å². The Balaban J connectivity index is 1.93. The van der Waals surface area contributed by atoms with Gasteiger partial charge in [0.25, 0.3) is 5.91 Å². The van der Waals surface area contributed by atoms with Crippen LogP contribution in [0.15, 0.2) is 42.5 Å². The van der Waals surface area contributed by atoms with Gasteiger partial charge in [0.05, 0.1) is 22.5 Å². The Labute approximate surface area is 172 Å². The van der Waals surface area contributed by atoms with Crippen LogP contribution >= 0.6 is 0 Å². The second-order valence-electron chi connectivity index (χ2n) is 7.74. The summed E-state index contributed by atoms with van der Waals surface area (Å²) in [4.78, 5) is 29.3. The molecule has 156 valence electrons. The second kappa shape index (κ2) is 8.06. The average Bonchev–Trinajstić information content (AvgIpc) is 2.61. The minimum Gasteiger partial charge on any atom is -0.444 e. The Morgan fingerprint density at radius 3 is 2.30 bits per heavy atom. The first-order valence-electron chi connectivity index (χ1n) is 9.20. The van der Waals surface area contributed by atoms with Crippen molar-refractivity contribution < 1.29 is 23.1 Å². The number of fused-ring (bicyclic) bond motifs is 1. The van der Waals surface area contributed by atoms with E-state index in [2.05, 4.69) is 15.6 Å². The molecule has 0 atom stereocenters. The van der Waals surface area contributed by atoms with E-state index >= 15 is 0 Å². The quantitative estimate of drug-likeness (QED) is 0.601. The van der Waals surface area contributed by atoms with Crippen LogP contribution in [0.1, 0.15) is 36.8 Å². The SMILES string of the molecule is Cc1cc(C(=O)Nc2cc(F)ccc2NC(=O)OC(C)(C)C)c2ccc(F)cc2n1. The summed E-state index contributed by atoms with van der Waals surface area (Å²) in [5.41, 5.74) is 0.577. The molecule has 8 heteroatoms. The smallest absolute Gasteiger partial charge is 0.412 e. The van der Waals surface area contributed by atoms with Crippen molar-refractivity contribution in [3.05, 3.63) is 65.4 Å². The van der Waals surface area contributed by atoms with Gasteiger partial charge in [0.2, 0.25) is 0 Å². The third-order valence-corrected chi connectivity index (χ3v) is 4.01. The Morgan fingerprint density at radius 2 is 1.60 bits per heavy atom. The molecule has 30 heavy (non-hydrogen) atoms. The maximum Gasteiger partial charge on any atom is 0.412 e. The number of amides is 2. The minimum atomic E-state index is -0.745. The zero-order valence-electron chi connectivity index (χ0n) is 17.0. The van der Waals surface area contributed by atoms with Crippen molar-refractivity contribution in [3.63, 3.8) is 0 Å². The number of nitrogens with zero attached hydrogens (tertiary/aromatic N) is 1. The van der Waals surface area contributed by atoms with Crippen molar-refractivity contribution in [2.45, 2.75) is 33.3 Å². The number of carbonyl (C=O) groups is 2. The lowest BCUT2D eigenvalue weighted by molar-refractivity contribution is 0.0635. The molecule has 0 saturated carbocycles. The highest BCUT2D eigenvalue weighted by atomic mass is 19.1. The lowest BCUT2D eigenvalue weighted by Gasteiger charge is -2.20. The molecular formula is C22H21F2N3O3. The number of pyridine rings is 1. The molecule has 0 spiro atoms. The summed E-state index contributed by atoms with van der Waals surface area (Å²) in [5, 5.41) is 5.54. The number of aryl methyl sites for hydroxylation is 1. The highest BCUT2D eigenvalue weighted by Crippen LogP contribution is 2.26. The van der Waals surface area contributed by atoms with Crippen molar-refractivity contribution in [1.29, 1.82) is 0 Å². The van der Waals surface area contributed by atoms with Crippen LogP contribution in [-0.2, 0) is 4.74 Å². The first kappa shape index (κ1) is 21.2. The lowest BCUT2D eigenvalue weighted by Crippen LogP contribution is -2.27. The van der Waals surface area contributed by atoms with Crippen LogP contribution in [0.5, 0.6) is 0 Å². The largest absolute Gasteiger partial charge is 0.444 e. The number of hydrogen-bond acceptors (Lipinski definition) is 4. The molecule has 0 aliphatic rings. The van der Waals surface area contributed by atoms with E-state index in [0.29, 0.717) is 16.6 Å². The molecule has 0 fully saturated rings. The fraction of sp³-hybridized carbons (Fsp3) is 0.227. The standard InChI is InChI=1S/C22H21F2N3O3/c1-12-9-16(15-7-5-13(23)10-18(15)25-12)20(28)26-19-11-14(24)6-8-17(19)27-21(29)30-22(2,3)4/h5-11H,1-4H3,(H,26,28)(H,27,29). The summed E-state index contributed by atoms with van der Waals surface area (Å²) in [7, 11) is 0. The van der Waals surface area contributed by atoms with Crippen LogP contribution in [0.4, 0.5) is 25.0 Å². The van der Waals surface area contributed by atoms with Crippen molar-refractivity contribution in [2.75, 3.05) is 10.6 Å². The van der Waals surface area contributed by atoms with Gasteiger partial charge in [-0.2, -0.15) is 0 Å². The van der Waals surface area contributed by atoms with Gasteiger partial charge in [-0.25, -0.2) is 13.6 Å². The topological polar surface area (TPSA) is 80.3 Å². The number of rotatable bonds is 3. The fourth-order valence-corrected chi connectivity index (χ4v) is 2.85. The van der Waals surface area contributed by atoms with E-state index in [4.69, 9.17) is 4.74 Å². The van der Waals surface area contributed by atoms with Gasteiger partial charge in [-0.3, -0.25) is 15.1 Å². The fourth-order valence-electron chi connectivity index (χ4n) is 2.85. The zero-order valence-corrected chi connectivity index (χ0v) is 17.0. The summed E-state index contributed by atoms with van der Waals surface area (Å²) >= 11 is 0. The number of benzene rings is 2. The second-order valence-corrected chi connectivity index (χ2v) is 7.74. The van der Waals surface area contributed by atoms with Crippen molar-refractivity contribution in [2.24, 2.45) is 0 Å². The molecule has 2 N–H and O–H groups in total. The van der Waals surface area contributed by atoms with E-state index in [1.807, 2.05) is 0 Å². The molecule has 3 aromatic rings. The molecule has 3 rings (SSSR count). The zero-order chi connectivity index (χ0) is 22.1. The van der Waals surface area contributed by atoms with Gasteiger partial charge in [0.1, 0.15) is 17.2 Å². The predicted molar refractivity (Wildman–Crippen MR) is 111 cm³/mol. The monoisotopic (exact) mass is 413 g/mol. The Morgan fingerprint density at radius 1 is 0.933 bits per heavy atom. The van der Waals surface area contributed by atoms with Gasteiger partial charge >= 0.3 is 6.09 Å². The van der Waals surface area contributed by atoms with Crippen molar-refractivity contribution >= 4 is 34.3 Å². The molecule has 0 aliphatic carbocycles. The maximum absolute atomic E-state index is 13.8. The average molecular weight is 413 g/mol. The molecule has 2 amide bonds. The predicted octanol–water partition coefficient (Wildman–Crippen LogP) is 5.42. The molecule has 0 bridgehead atoms. The van der Waals surface area contributed by atoms with Crippen LogP contribution in [0.2, 0.25) is 0 Å². The summed E-state index contributed by atoms with van der Waals surface area (Å²) in [5.74, 6) is -1.63. The number of aromatic nitrogens is 1. The van der Waals surface area contributed by atoms with E-state index in [1.54, 1.807) is 33.8 Å². The molecule has 1 heterocycles. The Bertz CT molecular complexity index is 1140. The highest BCUT2D eigenvalue weighted by Gasteiger charge is 2.19. The van der Waals surface area contributed by atoms with Crippen LogP contribution in [0.25, 0.3) is 10.9 Å². The number of nitrogens with one attached hydrogen (secondary N) is 2. The molecule has 2 aromatic carbocycles. The molecule has 1 aromatic heterocycles. The third kappa shape index (κ3) is 5.08. The van der Waals surface area contributed by atoms with Crippen LogP contribution in [0, 0.1) is 18.6 Å². The van der Waals surface area contributed by atoms with Crippen LogP contribution in [0.3, 0.4) is 0 Å². The summed E-state index contributed by atoms with van der Waals surface area (Å²) in [6.45, 7) is 6.80. The first-order valence-corrected chi connectivity index (χ1v) is 9.20. The van der Waals surface area contributed by atoms with Crippen LogP contribution < -0.4 is 10.6 Å². The van der Waals surface area contributed by atoms with Crippen molar-refractivity contribution in [1.82, 2.24) is 4.98 Å². The van der Waals surface area contributed by atoms with E-state index in [0.717, 1.165) is 12.1 Å². The third-order valence-electron chi connectivity index (χ3n) is 4.01. The summed E-state index contributed by atoms with van der Waals surface area (Å²) in [6.07, 6.45) is -0.745. The van der Waals surface area contributed by atoms with Gasteiger partial charge in [0, 0.05) is 17.1 Å². The number of ether oxygens (including phenoxy) is 1. The van der Waals surface area contributed by atoms with Gasteiger partial charge in [-0.05, 0) is 64.1 Å². The molecular weight excluding hydrogens is 392 g/mol. The Kier molecular flexibility index (Phi) is 5.69. The van der Waals surface area contributed by atoms with Crippen LogP contribution in [-0.4, -0.2) is 22.6 Å². The van der Waals surface area contributed by atoms with Gasteiger partial charge < -0.3 is 10.1 Å². The van der Waals surface area contributed by atoms with E-state index < -0.39 is 29.2 Å². The number of carbonyl (C=O) groups excluding carboxylic acids is 2. The van der Waals surface area contributed by atoms with Gasteiger partial charge in [-0.15, -0.1) is 0 Å². The highest BCUT2D eigenvalue weighted by molar-refractivity contribution is 6.13. The molecule has 0 saturated heterocycles. The van der Waals surface area contributed by atoms with E-state index in [9.17, 15) is 18.4 Å². The summed E-state index contributed by atoms with van der Waals surface area (Å²) in [6, 6.07) is 9.02. The minimum absolute atomic E-state index is 0.0515. The number of hydrogen-bond donors (Lipinski definition) is 2. The molecule has 6 nitrogen and oxygen atoms in total.